The van der Waals surface area contributed by atoms with Crippen molar-refractivity contribution in [3.05, 3.63) is 50.8 Å². The van der Waals surface area contributed by atoms with Crippen molar-refractivity contribution >= 4 is 39.9 Å². The van der Waals surface area contributed by atoms with Gasteiger partial charge in [-0.2, -0.15) is 0 Å². The van der Waals surface area contributed by atoms with Gasteiger partial charge in [0.1, 0.15) is 5.75 Å². The Morgan fingerprint density at radius 3 is 2.76 bits per heavy atom. The molecule has 1 aromatic carbocycles. The lowest BCUT2D eigenvalue weighted by Crippen LogP contribution is -2.02. The van der Waals surface area contributed by atoms with Gasteiger partial charge < -0.3 is 10.4 Å². The summed E-state index contributed by atoms with van der Waals surface area (Å²) in [6.07, 6.45) is 1.43. The number of anilines is 1. The molecule has 0 saturated carbocycles. The highest BCUT2D eigenvalue weighted by Gasteiger charge is 2.01. The summed E-state index contributed by atoms with van der Waals surface area (Å²) < 4.78 is 1.06. The molecular formula is C12H10ClIN2O. The number of halogens is 2. The molecule has 0 unspecified atom stereocenters. The molecule has 3 nitrogen and oxygen atoms in total. The third kappa shape index (κ3) is 3.47. The van der Waals surface area contributed by atoms with E-state index in [2.05, 4.69) is 32.9 Å². The zero-order valence-corrected chi connectivity index (χ0v) is 11.7. The van der Waals surface area contributed by atoms with E-state index in [4.69, 9.17) is 16.7 Å². The summed E-state index contributed by atoms with van der Waals surface area (Å²) in [5.41, 5.74) is 1.89. The van der Waals surface area contributed by atoms with Crippen LogP contribution in [0.2, 0.25) is 5.02 Å². The molecule has 0 aliphatic heterocycles. The first-order valence-corrected chi connectivity index (χ1v) is 6.43. The second-order valence-electron chi connectivity index (χ2n) is 3.49. The Morgan fingerprint density at radius 1 is 1.29 bits per heavy atom. The summed E-state index contributed by atoms with van der Waals surface area (Å²) in [5, 5.41) is 13.1. The topological polar surface area (TPSA) is 45.1 Å². The molecule has 1 aromatic heterocycles. The maximum Gasteiger partial charge on any atom is 0.133 e. The minimum Gasteiger partial charge on any atom is -0.506 e. The molecule has 0 amide bonds. The maximum absolute atomic E-state index is 9.12. The number of benzene rings is 1. The molecule has 0 aliphatic rings. The first kappa shape index (κ1) is 12.4. The van der Waals surface area contributed by atoms with Crippen LogP contribution in [0.5, 0.6) is 5.75 Å². The summed E-state index contributed by atoms with van der Waals surface area (Å²) >= 11 is 8.11. The normalized spacial score (nSPS) is 10.2. The number of nitrogens with one attached hydrogen (secondary N) is 1. The summed E-state index contributed by atoms with van der Waals surface area (Å²) in [6.45, 7) is 0.609. The zero-order valence-electron chi connectivity index (χ0n) is 8.82. The number of hydrogen-bond acceptors (Lipinski definition) is 3. The zero-order chi connectivity index (χ0) is 12.3. The highest BCUT2D eigenvalue weighted by atomic mass is 127. The number of nitrogens with zero attached hydrogens (tertiary/aromatic N) is 1. The Morgan fingerprint density at radius 2 is 2.12 bits per heavy atom. The van der Waals surface area contributed by atoms with E-state index in [1.165, 1.54) is 6.20 Å². The Kier molecular flexibility index (Phi) is 4.06. The number of pyridine rings is 1. The van der Waals surface area contributed by atoms with Gasteiger partial charge in [0, 0.05) is 14.3 Å². The molecule has 2 N–H and O–H groups in total. The van der Waals surface area contributed by atoms with E-state index in [0.717, 1.165) is 20.0 Å². The number of rotatable bonds is 3. The molecule has 0 saturated heterocycles. The molecule has 0 radical (unpaired) electrons. The van der Waals surface area contributed by atoms with Gasteiger partial charge >= 0.3 is 0 Å². The Balaban J connectivity index is 2.04. The van der Waals surface area contributed by atoms with E-state index >= 15 is 0 Å². The summed E-state index contributed by atoms with van der Waals surface area (Å²) in [7, 11) is 0. The Labute approximate surface area is 118 Å². The number of aromatic hydroxyl groups is 1. The van der Waals surface area contributed by atoms with Crippen molar-refractivity contribution in [3.8, 4) is 5.75 Å². The smallest absolute Gasteiger partial charge is 0.133 e. The second-order valence-corrected chi connectivity index (χ2v) is 5.08. The van der Waals surface area contributed by atoms with Crippen LogP contribution >= 0.6 is 34.2 Å². The van der Waals surface area contributed by atoms with Crippen molar-refractivity contribution in [2.45, 2.75) is 6.54 Å². The molecule has 2 rings (SSSR count). The van der Waals surface area contributed by atoms with Crippen molar-refractivity contribution in [1.82, 2.24) is 4.98 Å². The average molecular weight is 361 g/mol. The minimum absolute atomic E-state index is 0.176. The van der Waals surface area contributed by atoms with Crippen LogP contribution in [0.25, 0.3) is 0 Å². The summed E-state index contributed by atoms with van der Waals surface area (Å²) in [5.74, 6) is 0.176. The molecule has 0 atom stereocenters. The van der Waals surface area contributed by atoms with E-state index in [1.807, 2.05) is 18.2 Å². The van der Waals surface area contributed by atoms with Crippen LogP contribution < -0.4 is 5.32 Å². The number of hydrogen-bond donors (Lipinski definition) is 2. The van der Waals surface area contributed by atoms with Gasteiger partial charge in [-0.1, -0.05) is 11.6 Å². The third-order valence-corrected chi connectivity index (χ3v) is 3.33. The van der Waals surface area contributed by atoms with Gasteiger partial charge in [-0.15, -0.1) is 0 Å². The van der Waals surface area contributed by atoms with Gasteiger partial charge in [0.2, 0.25) is 0 Å². The second kappa shape index (κ2) is 5.55. The molecule has 0 spiro atoms. The van der Waals surface area contributed by atoms with Crippen molar-refractivity contribution in [1.29, 1.82) is 0 Å². The first-order valence-electron chi connectivity index (χ1n) is 4.98. The standard InChI is InChI=1S/C12H10ClIN2O/c13-8-1-4-12(11(14)5-8)16-6-9-2-3-10(17)7-15-9/h1-5,7,16-17H,6H2. The van der Waals surface area contributed by atoms with E-state index in [9.17, 15) is 0 Å². The molecule has 1 heterocycles. The van der Waals surface area contributed by atoms with Gasteiger partial charge in [-0.3, -0.25) is 4.98 Å². The molecule has 5 heteroatoms. The van der Waals surface area contributed by atoms with Crippen LogP contribution in [0.1, 0.15) is 5.69 Å². The Bertz CT molecular complexity index is 516. The van der Waals surface area contributed by atoms with Crippen molar-refractivity contribution < 1.29 is 5.11 Å². The van der Waals surface area contributed by atoms with Crippen molar-refractivity contribution in [3.63, 3.8) is 0 Å². The maximum atomic E-state index is 9.12. The fraction of sp³-hybridized carbons (Fsp3) is 0.0833. The first-order chi connectivity index (χ1) is 8.15. The average Bonchev–Trinajstić information content (AvgIpc) is 2.30. The monoisotopic (exact) mass is 360 g/mol. The quantitative estimate of drug-likeness (QED) is 0.821. The highest BCUT2D eigenvalue weighted by Crippen LogP contribution is 2.22. The van der Waals surface area contributed by atoms with Crippen LogP contribution in [-0.4, -0.2) is 10.1 Å². The lowest BCUT2D eigenvalue weighted by Gasteiger charge is -2.08. The van der Waals surface area contributed by atoms with Crippen LogP contribution in [0.15, 0.2) is 36.5 Å². The molecular weight excluding hydrogens is 351 g/mol. The molecule has 17 heavy (non-hydrogen) atoms. The molecule has 0 aliphatic carbocycles. The molecule has 0 fully saturated rings. The van der Waals surface area contributed by atoms with Crippen molar-refractivity contribution in [2.75, 3.05) is 5.32 Å². The number of aromatic nitrogens is 1. The van der Waals surface area contributed by atoms with Crippen LogP contribution in [0, 0.1) is 3.57 Å². The summed E-state index contributed by atoms with van der Waals surface area (Å²) in [6, 6.07) is 9.08. The van der Waals surface area contributed by atoms with Gasteiger partial charge in [-0.05, 0) is 52.9 Å². The van der Waals surface area contributed by atoms with E-state index in [-0.39, 0.29) is 5.75 Å². The third-order valence-electron chi connectivity index (χ3n) is 2.20. The fourth-order valence-corrected chi connectivity index (χ4v) is 2.40. The van der Waals surface area contributed by atoms with Gasteiger partial charge in [0.15, 0.2) is 0 Å². The summed E-state index contributed by atoms with van der Waals surface area (Å²) in [4.78, 5) is 4.10. The highest BCUT2D eigenvalue weighted by molar-refractivity contribution is 14.1. The van der Waals surface area contributed by atoms with Crippen molar-refractivity contribution in [2.24, 2.45) is 0 Å². The SMILES string of the molecule is Oc1ccc(CNc2ccc(Cl)cc2I)nc1. The van der Waals surface area contributed by atoms with Gasteiger partial charge in [0.05, 0.1) is 18.4 Å². The van der Waals surface area contributed by atoms with Crippen LogP contribution in [0.4, 0.5) is 5.69 Å². The van der Waals surface area contributed by atoms with E-state index < -0.39 is 0 Å². The Hall–Kier alpha value is -1.01. The lowest BCUT2D eigenvalue weighted by atomic mass is 10.3. The largest absolute Gasteiger partial charge is 0.506 e. The molecule has 0 bridgehead atoms. The predicted molar refractivity (Wildman–Crippen MR) is 77.4 cm³/mol. The molecule has 88 valence electrons. The van der Waals surface area contributed by atoms with E-state index in [0.29, 0.717) is 6.54 Å². The molecule has 2 aromatic rings. The van der Waals surface area contributed by atoms with Crippen LogP contribution in [-0.2, 0) is 6.54 Å². The minimum atomic E-state index is 0.176. The predicted octanol–water partition coefficient (Wildman–Crippen LogP) is 3.66. The van der Waals surface area contributed by atoms with Gasteiger partial charge in [-0.25, -0.2) is 0 Å². The fourth-order valence-electron chi connectivity index (χ4n) is 1.34. The lowest BCUT2D eigenvalue weighted by molar-refractivity contribution is 0.472. The van der Waals surface area contributed by atoms with E-state index in [1.54, 1.807) is 12.1 Å². The van der Waals surface area contributed by atoms with Crippen LogP contribution in [0.3, 0.4) is 0 Å². The van der Waals surface area contributed by atoms with Gasteiger partial charge in [0.25, 0.3) is 0 Å².